The first-order valence-corrected chi connectivity index (χ1v) is 4.81. The van der Waals surface area contributed by atoms with Crippen LogP contribution in [0.2, 0.25) is 0 Å². The quantitative estimate of drug-likeness (QED) is 0.859. The lowest BCUT2D eigenvalue weighted by Crippen LogP contribution is -2.46. The van der Waals surface area contributed by atoms with E-state index in [1.165, 1.54) is 19.1 Å². The van der Waals surface area contributed by atoms with Gasteiger partial charge in [0.05, 0.1) is 5.56 Å². The SMILES string of the molecule is C[C@@](N)(Cc1cccc(C(F)(F)F)c1)C(=O)O. The molecule has 0 unspecified atom stereocenters. The Morgan fingerprint density at radius 3 is 2.47 bits per heavy atom. The molecule has 3 nitrogen and oxygen atoms in total. The van der Waals surface area contributed by atoms with Gasteiger partial charge in [-0.2, -0.15) is 13.2 Å². The molecule has 0 aliphatic heterocycles. The number of rotatable bonds is 3. The van der Waals surface area contributed by atoms with Gasteiger partial charge in [-0.1, -0.05) is 18.2 Å². The number of halogens is 3. The highest BCUT2D eigenvalue weighted by molar-refractivity contribution is 5.78. The van der Waals surface area contributed by atoms with Gasteiger partial charge in [-0.15, -0.1) is 0 Å². The zero-order valence-electron chi connectivity index (χ0n) is 9.08. The molecule has 0 fully saturated rings. The van der Waals surface area contributed by atoms with Crippen LogP contribution in [0.3, 0.4) is 0 Å². The van der Waals surface area contributed by atoms with Gasteiger partial charge in [0.2, 0.25) is 0 Å². The molecule has 0 aliphatic carbocycles. The molecule has 1 atom stereocenters. The van der Waals surface area contributed by atoms with Crippen LogP contribution in [-0.2, 0) is 17.4 Å². The van der Waals surface area contributed by atoms with Gasteiger partial charge in [-0.05, 0) is 18.6 Å². The van der Waals surface area contributed by atoms with Gasteiger partial charge in [0, 0.05) is 6.42 Å². The standard InChI is InChI=1S/C11H12F3NO2/c1-10(15,9(16)17)6-7-3-2-4-8(5-7)11(12,13)14/h2-5H,6,15H2,1H3,(H,16,17)/t10-/m1/s1. The van der Waals surface area contributed by atoms with E-state index in [-0.39, 0.29) is 12.0 Å². The van der Waals surface area contributed by atoms with Crippen molar-refractivity contribution in [2.75, 3.05) is 0 Å². The molecule has 6 heteroatoms. The average Bonchev–Trinajstić information content (AvgIpc) is 2.15. The van der Waals surface area contributed by atoms with Crippen molar-refractivity contribution in [2.45, 2.75) is 25.1 Å². The summed E-state index contributed by atoms with van der Waals surface area (Å²) in [6, 6.07) is 4.49. The molecule has 1 aromatic carbocycles. The maximum atomic E-state index is 12.4. The van der Waals surface area contributed by atoms with Gasteiger partial charge in [0.15, 0.2) is 0 Å². The minimum Gasteiger partial charge on any atom is -0.480 e. The molecule has 1 rings (SSSR count). The third-order valence-corrected chi connectivity index (χ3v) is 2.31. The fourth-order valence-electron chi connectivity index (χ4n) is 1.36. The van der Waals surface area contributed by atoms with E-state index in [0.29, 0.717) is 0 Å². The lowest BCUT2D eigenvalue weighted by Gasteiger charge is -2.19. The lowest BCUT2D eigenvalue weighted by atomic mass is 9.93. The largest absolute Gasteiger partial charge is 0.480 e. The van der Waals surface area contributed by atoms with Gasteiger partial charge in [-0.25, -0.2) is 0 Å². The number of nitrogens with two attached hydrogens (primary N) is 1. The number of aliphatic carboxylic acids is 1. The van der Waals surface area contributed by atoms with Crippen molar-refractivity contribution in [2.24, 2.45) is 5.73 Å². The molecule has 0 heterocycles. The maximum Gasteiger partial charge on any atom is 0.416 e. The van der Waals surface area contributed by atoms with Gasteiger partial charge < -0.3 is 10.8 Å². The third kappa shape index (κ3) is 3.45. The monoisotopic (exact) mass is 247 g/mol. The molecule has 0 bridgehead atoms. The number of carboxylic acid groups (broad SMARTS) is 1. The van der Waals surface area contributed by atoms with E-state index >= 15 is 0 Å². The summed E-state index contributed by atoms with van der Waals surface area (Å²) in [6.07, 6.45) is -4.60. The summed E-state index contributed by atoms with van der Waals surface area (Å²) in [5.41, 5.74) is 3.32. The molecule has 0 radical (unpaired) electrons. The zero-order valence-corrected chi connectivity index (χ0v) is 9.08. The van der Waals surface area contributed by atoms with Crippen LogP contribution in [0.4, 0.5) is 13.2 Å². The molecule has 17 heavy (non-hydrogen) atoms. The minimum atomic E-state index is -4.44. The highest BCUT2D eigenvalue weighted by Gasteiger charge is 2.32. The number of carbonyl (C=O) groups is 1. The van der Waals surface area contributed by atoms with Crippen molar-refractivity contribution < 1.29 is 23.1 Å². The van der Waals surface area contributed by atoms with Gasteiger partial charge in [0.25, 0.3) is 0 Å². The fraction of sp³-hybridized carbons (Fsp3) is 0.364. The molecule has 94 valence electrons. The summed E-state index contributed by atoms with van der Waals surface area (Å²) in [4.78, 5) is 10.8. The molecule has 0 saturated heterocycles. The molecular weight excluding hydrogens is 235 g/mol. The Bertz CT molecular complexity index is 427. The van der Waals surface area contributed by atoms with E-state index in [1.54, 1.807) is 0 Å². The number of carboxylic acids is 1. The Labute approximate surface area is 96.0 Å². The van der Waals surface area contributed by atoms with Crippen molar-refractivity contribution in [1.82, 2.24) is 0 Å². The summed E-state index contributed by atoms with van der Waals surface area (Å²) in [7, 11) is 0. The Hall–Kier alpha value is -1.56. The Kier molecular flexibility index (Phi) is 3.47. The molecule has 0 aliphatic rings. The van der Waals surface area contributed by atoms with E-state index < -0.39 is 23.2 Å². The Morgan fingerprint density at radius 2 is 2.00 bits per heavy atom. The maximum absolute atomic E-state index is 12.4. The van der Waals surface area contributed by atoms with Crippen molar-refractivity contribution in [3.63, 3.8) is 0 Å². The number of hydrogen-bond donors (Lipinski definition) is 2. The number of alkyl halides is 3. The van der Waals surface area contributed by atoms with Crippen LogP contribution in [0.25, 0.3) is 0 Å². The number of hydrogen-bond acceptors (Lipinski definition) is 2. The summed E-state index contributed by atoms with van der Waals surface area (Å²) in [5.74, 6) is -1.25. The molecule has 0 saturated carbocycles. The topological polar surface area (TPSA) is 63.3 Å². The normalized spacial score (nSPS) is 15.4. The second kappa shape index (κ2) is 4.37. The first-order valence-electron chi connectivity index (χ1n) is 4.81. The highest BCUT2D eigenvalue weighted by atomic mass is 19.4. The second-order valence-corrected chi connectivity index (χ2v) is 4.10. The van der Waals surface area contributed by atoms with E-state index in [1.807, 2.05) is 0 Å². The first-order chi connectivity index (χ1) is 7.63. The molecule has 3 N–H and O–H groups in total. The van der Waals surface area contributed by atoms with Crippen LogP contribution < -0.4 is 5.73 Å². The van der Waals surface area contributed by atoms with Crippen molar-refractivity contribution in [1.29, 1.82) is 0 Å². The summed E-state index contributed by atoms with van der Waals surface area (Å²) in [6.45, 7) is 1.26. The molecular formula is C11H12F3NO2. The summed E-state index contributed by atoms with van der Waals surface area (Å²) in [5, 5.41) is 8.78. The van der Waals surface area contributed by atoms with E-state index in [0.717, 1.165) is 12.1 Å². The fourth-order valence-corrected chi connectivity index (χ4v) is 1.36. The second-order valence-electron chi connectivity index (χ2n) is 4.10. The predicted molar refractivity (Wildman–Crippen MR) is 55.4 cm³/mol. The third-order valence-electron chi connectivity index (χ3n) is 2.31. The average molecular weight is 247 g/mol. The first kappa shape index (κ1) is 13.5. The van der Waals surface area contributed by atoms with Crippen LogP contribution in [0.1, 0.15) is 18.1 Å². The van der Waals surface area contributed by atoms with Crippen LogP contribution in [0.15, 0.2) is 24.3 Å². The van der Waals surface area contributed by atoms with Crippen LogP contribution in [0.5, 0.6) is 0 Å². The van der Waals surface area contributed by atoms with Crippen LogP contribution in [0, 0.1) is 0 Å². The van der Waals surface area contributed by atoms with Crippen LogP contribution >= 0.6 is 0 Å². The smallest absolute Gasteiger partial charge is 0.416 e. The number of benzene rings is 1. The molecule has 0 amide bonds. The summed E-state index contributed by atoms with van der Waals surface area (Å²) < 4.78 is 37.2. The van der Waals surface area contributed by atoms with Crippen LogP contribution in [-0.4, -0.2) is 16.6 Å². The minimum absolute atomic E-state index is 0.160. The lowest BCUT2D eigenvalue weighted by molar-refractivity contribution is -0.142. The summed E-state index contributed by atoms with van der Waals surface area (Å²) >= 11 is 0. The highest BCUT2D eigenvalue weighted by Crippen LogP contribution is 2.30. The molecule has 1 aromatic rings. The Balaban J connectivity index is 2.98. The van der Waals surface area contributed by atoms with Crippen molar-refractivity contribution >= 4 is 5.97 Å². The van der Waals surface area contributed by atoms with Gasteiger partial charge in [-0.3, -0.25) is 4.79 Å². The van der Waals surface area contributed by atoms with Crippen molar-refractivity contribution in [3.8, 4) is 0 Å². The molecule has 0 aromatic heterocycles. The van der Waals surface area contributed by atoms with Gasteiger partial charge in [0.1, 0.15) is 5.54 Å². The predicted octanol–water partition coefficient (Wildman–Crippen LogP) is 2.05. The van der Waals surface area contributed by atoms with Gasteiger partial charge >= 0.3 is 12.1 Å². The van der Waals surface area contributed by atoms with E-state index in [2.05, 4.69) is 0 Å². The molecule has 0 spiro atoms. The van der Waals surface area contributed by atoms with E-state index in [4.69, 9.17) is 10.8 Å². The zero-order chi connectivity index (χ0) is 13.3. The van der Waals surface area contributed by atoms with Crippen molar-refractivity contribution in [3.05, 3.63) is 35.4 Å². The van der Waals surface area contributed by atoms with E-state index in [9.17, 15) is 18.0 Å². The Morgan fingerprint density at radius 1 is 1.41 bits per heavy atom.